The Labute approximate surface area is 96.7 Å². The lowest BCUT2D eigenvalue weighted by molar-refractivity contribution is 0.343. The van der Waals surface area contributed by atoms with Crippen LogP contribution in [0, 0.1) is 0 Å². The lowest BCUT2D eigenvalue weighted by Gasteiger charge is -2.31. The Balaban J connectivity index is 2.38. The zero-order valence-corrected chi connectivity index (χ0v) is 11.1. The fourth-order valence-corrected chi connectivity index (χ4v) is 3.64. The van der Waals surface area contributed by atoms with Crippen molar-refractivity contribution in [1.82, 2.24) is 5.32 Å². The van der Waals surface area contributed by atoms with Gasteiger partial charge >= 0.3 is 0 Å². The smallest absolute Gasteiger partial charge is 0.0362 e. The molecular formula is C12H25NOS. The molecule has 15 heavy (non-hydrogen) atoms. The van der Waals surface area contributed by atoms with E-state index in [-0.39, 0.29) is 0 Å². The first-order valence-electron chi connectivity index (χ1n) is 6.30. The summed E-state index contributed by atoms with van der Waals surface area (Å²) < 4.78 is 11.8. The molecule has 1 rings (SSSR count). The van der Waals surface area contributed by atoms with Crippen LogP contribution in [0.5, 0.6) is 0 Å². The largest absolute Gasteiger partial charge is 0.311 e. The molecule has 0 radical (unpaired) electrons. The molecule has 1 fully saturated rings. The molecule has 0 aromatic rings. The minimum absolute atomic E-state index is 0.449. The minimum atomic E-state index is -0.591. The van der Waals surface area contributed by atoms with E-state index in [0.717, 1.165) is 12.2 Å². The van der Waals surface area contributed by atoms with Gasteiger partial charge in [-0.3, -0.25) is 4.21 Å². The van der Waals surface area contributed by atoms with Gasteiger partial charge < -0.3 is 5.32 Å². The topological polar surface area (TPSA) is 29.1 Å². The van der Waals surface area contributed by atoms with E-state index < -0.39 is 10.8 Å². The highest BCUT2D eigenvalue weighted by Crippen LogP contribution is 2.23. The number of nitrogens with one attached hydrogen (secondary N) is 1. The number of hydrogen-bond donors (Lipinski definition) is 1. The van der Waals surface area contributed by atoms with E-state index in [1.165, 1.54) is 25.7 Å². The molecule has 1 aliphatic carbocycles. The fourth-order valence-electron chi connectivity index (χ4n) is 2.29. The van der Waals surface area contributed by atoms with E-state index in [9.17, 15) is 4.21 Å². The Hall–Kier alpha value is 0.110. The van der Waals surface area contributed by atoms with Crippen LogP contribution in [-0.4, -0.2) is 27.3 Å². The second-order valence-electron chi connectivity index (χ2n) is 4.63. The third-order valence-electron chi connectivity index (χ3n) is 3.41. The van der Waals surface area contributed by atoms with Gasteiger partial charge in [-0.15, -0.1) is 0 Å². The monoisotopic (exact) mass is 231 g/mol. The van der Waals surface area contributed by atoms with Crippen molar-refractivity contribution in [3.05, 3.63) is 0 Å². The van der Waals surface area contributed by atoms with Crippen molar-refractivity contribution < 1.29 is 4.21 Å². The van der Waals surface area contributed by atoms with Crippen LogP contribution in [0.3, 0.4) is 0 Å². The van der Waals surface area contributed by atoms with Crippen molar-refractivity contribution in [2.75, 3.05) is 5.75 Å². The van der Waals surface area contributed by atoms with Crippen LogP contribution >= 0.6 is 0 Å². The normalized spacial score (nSPS) is 31.1. The maximum absolute atomic E-state index is 11.8. The average molecular weight is 231 g/mol. The van der Waals surface area contributed by atoms with Crippen molar-refractivity contribution in [2.45, 2.75) is 70.2 Å². The van der Waals surface area contributed by atoms with Crippen LogP contribution < -0.4 is 5.32 Å². The first-order valence-corrected chi connectivity index (χ1v) is 7.68. The molecule has 0 aromatic carbocycles. The molecule has 90 valence electrons. The molecule has 4 unspecified atom stereocenters. The van der Waals surface area contributed by atoms with Crippen LogP contribution in [0.1, 0.15) is 52.9 Å². The van der Waals surface area contributed by atoms with Gasteiger partial charge in [0.2, 0.25) is 0 Å². The molecule has 1 aliphatic rings. The molecule has 0 aromatic heterocycles. The third-order valence-corrected chi connectivity index (χ3v) is 5.16. The molecule has 2 nitrogen and oxygen atoms in total. The second-order valence-corrected chi connectivity index (χ2v) is 6.64. The Morgan fingerprint density at radius 2 is 2.13 bits per heavy atom. The summed E-state index contributed by atoms with van der Waals surface area (Å²) in [7, 11) is -0.591. The van der Waals surface area contributed by atoms with Gasteiger partial charge in [-0.1, -0.05) is 20.3 Å². The molecule has 1 N–H and O–H groups in total. The van der Waals surface area contributed by atoms with Gasteiger partial charge in [-0.2, -0.15) is 0 Å². The second kappa shape index (κ2) is 6.64. The summed E-state index contributed by atoms with van der Waals surface area (Å²) in [5.74, 6) is 0.820. The summed E-state index contributed by atoms with van der Waals surface area (Å²) in [4.78, 5) is 0. The van der Waals surface area contributed by atoms with Crippen LogP contribution in [0.15, 0.2) is 0 Å². The van der Waals surface area contributed by atoms with Crippen molar-refractivity contribution in [3.63, 3.8) is 0 Å². The van der Waals surface area contributed by atoms with Gasteiger partial charge in [0.05, 0.1) is 0 Å². The quantitative estimate of drug-likeness (QED) is 0.787. The minimum Gasteiger partial charge on any atom is -0.311 e. The summed E-state index contributed by atoms with van der Waals surface area (Å²) in [5, 5.41) is 4.09. The van der Waals surface area contributed by atoms with Gasteiger partial charge in [-0.05, 0) is 32.6 Å². The van der Waals surface area contributed by atoms with Crippen molar-refractivity contribution in [2.24, 2.45) is 0 Å². The molecule has 3 heteroatoms. The van der Waals surface area contributed by atoms with Gasteiger partial charge in [0.25, 0.3) is 0 Å². The fraction of sp³-hybridized carbons (Fsp3) is 1.00. The van der Waals surface area contributed by atoms with Crippen LogP contribution in [0.2, 0.25) is 0 Å². The lowest BCUT2D eigenvalue weighted by Crippen LogP contribution is -2.41. The average Bonchev–Trinajstić information content (AvgIpc) is 2.28. The highest BCUT2D eigenvalue weighted by Gasteiger charge is 2.25. The molecule has 0 bridgehead atoms. The first kappa shape index (κ1) is 13.2. The van der Waals surface area contributed by atoms with Gasteiger partial charge in [0.15, 0.2) is 0 Å². The lowest BCUT2D eigenvalue weighted by atomic mass is 9.94. The van der Waals surface area contributed by atoms with E-state index in [4.69, 9.17) is 0 Å². The summed E-state index contributed by atoms with van der Waals surface area (Å²) >= 11 is 0. The van der Waals surface area contributed by atoms with Crippen LogP contribution in [-0.2, 0) is 10.8 Å². The molecule has 4 atom stereocenters. The summed E-state index contributed by atoms with van der Waals surface area (Å²) in [6.45, 7) is 6.48. The predicted molar refractivity (Wildman–Crippen MR) is 67.6 cm³/mol. The standard InChI is InChI=1S/C12H25NOS/c1-4-10(3)13-11-7-6-8-12(9-11)15(14)5-2/h10-13H,4-9H2,1-3H3. The maximum Gasteiger partial charge on any atom is 0.0362 e. The van der Waals surface area contributed by atoms with E-state index in [2.05, 4.69) is 19.2 Å². The summed E-state index contributed by atoms with van der Waals surface area (Å²) in [5.41, 5.74) is 0. The van der Waals surface area contributed by atoms with Crippen LogP contribution in [0.4, 0.5) is 0 Å². The van der Waals surface area contributed by atoms with Crippen LogP contribution in [0.25, 0.3) is 0 Å². The highest BCUT2D eigenvalue weighted by molar-refractivity contribution is 7.85. The van der Waals surface area contributed by atoms with Crippen molar-refractivity contribution >= 4 is 10.8 Å². The van der Waals surface area contributed by atoms with Gasteiger partial charge in [0, 0.05) is 33.9 Å². The van der Waals surface area contributed by atoms with E-state index >= 15 is 0 Å². The molecule has 0 amide bonds. The van der Waals surface area contributed by atoms with E-state index in [0.29, 0.717) is 17.3 Å². The Morgan fingerprint density at radius 3 is 2.73 bits per heavy atom. The summed E-state index contributed by atoms with van der Waals surface area (Å²) in [6, 6.07) is 1.21. The molecule has 0 aliphatic heterocycles. The van der Waals surface area contributed by atoms with Gasteiger partial charge in [0.1, 0.15) is 0 Å². The SMILES string of the molecule is CCC(C)NC1CCCC(S(=O)CC)C1. The van der Waals surface area contributed by atoms with E-state index in [1.807, 2.05) is 6.92 Å². The molecule has 0 heterocycles. The molecule has 0 spiro atoms. The molecule has 1 saturated carbocycles. The Morgan fingerprint density at radius 1 is 1.40 bits per heavy atom. The summed E-state index contributed by atoms with van der Waals surface area (Å²) in [6.07, 6.45) is 5.97. The highest BCUT2D eigenvalue weighted by atomic mass is 32.2. The first-order chi connectivity index (χ1) is 7.17. The maximum atomic E-state index is 11.8. The zero-order valence-electron chi connectivity index (χ0n) is 10.3. The van der Waals surface area contributed by atoms with Crippen molar-refractivity contribution in [3.8, 4) is 0 Å². The van der Waals surface area contributed by atoms with E-state index in [1.54, 1.807) is 0 Å². The van der Waals surface area contributed by atoms with Crippen molar-refractivity contribution in [1.29, 1.82) is 0 Å². The molecule has 0 saturated heterocycles. The van der Waals surface area contributed by atoms with Gasteiger partial charge in [-0.25, -0.2) is 0 Å². The number of hydrogen-bond acceptors (Lipinski definition) is 2. The number of rotatable bonds is 5. The Bertz CT molecular complexity index is 208. The Kier molecular flexibility index (Phi) is 5.83. The predicted octanol–water partition coefficient (Wildman–Crippen LogP) is 2.45. The molecular weight excluding hydrogens is 206 g/mol. The third kappa shape index (κ3) is 4.23. The zero-order chi connectivity index (χ0) is 11.3.